The third-order valence-electron chi connectivity index (χ3n) is 3.09. The Morgan fingerprint density at radius 1 is 1.19 bits per heavy atom. The summed E-state index contributed by atoms with van der Waals surface area (Å²) in [7, 11) is 0. The summed E-state index contributed by atoms with van der Waals surface area (Å²) >= 11 is 0. The number of rotatable bonds is 9. The first-order valence-corrected chi connectivity index (χ1v) is 7.75. The van der Waals surface area contributed by atoms with Crippen LogP contribution in [0.5, 0.6) is 0 Å². The van der Waals surface area contributed by atoms with Crippen LogP contribution in [0.25, 0.3) is 0 Å². The standard InChI is InChI=1S/C15H27N5O/c1-5-8-12-13(17-9-6-2)18-10-19-14(12)20-11(4)15(21)16-7-3/h10-11H,5-9H2,1-4H3,(H,16,21)(H2,17,18,19,20). The molecule has 6 nitrogen and oxygen atoms in total. The van der Waals surface area contributed by atoms with Crippen molar-refractivity contribution in [3.05, 3.63) is 11.9 Å². The van der Waals surface area contributed by atoms with Gasteiger partial charge in [0.25, 0.3) is 0 Å². The lowest BCUT2D eigenvalue weighted by atomic mass is 10.1. The summed E-state index contributed by atoms with van der Waals surface area (Å²) in [6, 6.07) is -0.325. The molecule has 21 heavy (non-hydrogen) atoms. The van der Waals surface area contributed by atoms with Gasteiger partial charge >= 0.3 is 0 Å². The molecule has 1 rings (SSSR count). The van der Waals surface area contributed by atoms with Crippen molar-refractivity contribution in [3.63, 3.8) is 0 Å². The molecule has 1 unspecified atom stereocenters. The Balaban J connectivity index is 2.91. The second kappa shape index (κ2) is 9.15. The van der Waals surface area contributed by atoms with Gasteiger partial charge in [-0.3, -0.25) is 4.79 Å². The molecule has 0 bridgehead atoms. The summed E-state index contributed by atoms with van der Waals surface area (Å²) in [4.78, 5) is 20.5. The zero-order chi connectivity index (χ0) is 15.7. The first-order valence-electron chi connectivity index (χ1n) is 7.75. The zero-order valence-electron chi connectivity index (χ0n) is 13.5. The van der Waals surface area contributed by atoms with E-state index in [4.69, 9.17) is 0 Å². The normalized spacial score (nSPS) is 11.8. The molecular weight excluding hydrogens is 266 g/mol. The molecule has 0 aliphatic carbocycles. The number of carbonyl (C=O) groups is 1. The molecule has 0 saturated carbocycles. The fourth-order valence-electron chi connectivity index (χ4n) is 2.02. The molecule has 0 saturated heterocycles. The first kappa shape index (κ1) is 17.2. The Hall–Kier alpha value is -1.85. The van der Waals surface area contributed by atoms with E-state index in [9.17, 15) is 4.79 Å². The van der Waals surface area contributed by atoms with E-state index in [-0.39, 0.29) is 11.9 Å². The van der Waals surface area contributed by atoms with Crippen LogP contribution in [0.4, 0.5) is 11.6 Å². The summed E-state index contributed by atoms with van der Waals surface area (Å²) in [6.45, 7) is 9.48. The third-order valence-corrected chi connectivity index (χ3v) is 3.09. The van der Waals surface area contributed by atoms with Crippen molar-refractivity contribution in [2.45, 2.75) is 53.0 Å². The number of carbonyl (C=O) groups excluding carboxylic acids is 1. The summed E-state index contributed by atoms with van der Waals surface area (Å²) < 4.78 is 0. The monoisotopic (exact) mass is 293 g/mol. The lowest BCUT2D eigenvalue weighted by Crippen LogP contribution is -2.37. The van der Waals surface area contributed by atoms with Gasteiger partial charge in [0.15, 0.2) is 0 Å². The maximum absolute atomic E-state index is 11.8. The van der Waals surface area contributed by atoms with Gasteiger partial charge in [0, 0.05) is 18.7 Å². The van der Waals surface area contributed by atoms with Crippen molar-refractivity contribution in [2.24, 2.45) is 0 Å². The van der Waals surface area contributed by atoms with E-state index in [0.29, 0.717) is 6.54 Å². The molecule has 6 heteroatoms. The molecule has 0 radical (unpaired) electrons. The van der Waals surface area contributed by atoms with E-state index >= 15 is 0 Å². The van der Waals surface area contributed by atoms with Crippen LogP contribution < -0.4 is 16.0 Å². The molecule has 0 aromatic carbocycles. The maximum Gasteiger partial charge on any atom is 0.242 e. The first-order chi connectivity index (χ1) is 10.1. The van der Waals surface area contributed by atoms with Crippen LogP contribution in [0, 0.1) is 0 Å². The SMILES string of the molecule is CCCNc1ncnc(NC(C)C(=O)NCC)c1CCC. The molecule has 0 spiro atoms. The summed E-state index contributed by atoms with van der Waals surface area (Å²) in [5, 5.41) is 9.32. The Bertz CT molecular complexity index is 450. The molecule has 1 amide bonds. The largest absolute Gasteiger partial charge is 0.370 e. The Morgan fingerprint density at radius 3 is 2.52 bits per heavy atom. The van der Waals surface area contributed by atoms with Gasteiger partial charge < -0.3 is 16.0 Å². The Kier molecular flexibility index (Phi) is 7.50. The summed E-state index contributed by atoms with van der Waals surface area (Å²) in [5.74, 6) is 1.57. The predicted octanol–water partition coefficient (Wildman–Crippen LogP) is 2.19. The van der Waals surface area contributed by atoms with Crippen LogP contribution in [0.2, 0.25) is 0 Å². The second-order valence-corrected chi connectivity index (χ2v) is 4.99. The highest BCUT2D eigenvalue weighted by molar-refractivity contribution is 5.84. The smallest absolute Gasteiger partial charge is 0.242 e. The van der Waals surface area contributed by atoms with Crippen LogP contribution in [0.3, 0.4) is 0 Å². The molecule has 1 atom stereocenters. The average Bonchev–Trinajstić information content (AvgIpc) is 2.47. The molecule has 0 aliphatic heterocycles. The number of aromatic nitrogens is 2. The number of likely N-dealkylation sites (N-methyl/N-ethyl adjacent to an activating group) is 1. The molecular formula is C15H27N5O. The number of hydrogen-bond acceptors (Lipinski definition) is 5. The van der Waals surface area contributed by atoms with Gasteiger partial charge in [-0.25, -0.2) is 9.97 Å². The Morgan fingerprint density at radius 2 is 1.90 bits per heavy atom. The fraction of sp³-hybridized carbons (Fsp3) is 0.667. The zero-order valence-corrected chi connectivity index (χ0v) is 13.5. The van der Waals surface area contributed by atoms with E-state index in [2.05, 4.69) is 39.8 Å². The van der Waals surface area contributed by atoms with E-state index in [1.165, 1.54) is 6.33 Å². The minimum Gasteiger partial charge on any atom is -0.370 e. The number of anilines is 2. The van der Waals surface area contributed by atoms with E-state index in [0.717, 1.165) is 43.0 Å². The molecule has 1 heterocycles. The fourth-order valence-corrected chi connectivity index (χ4v) is 2.02. The van der Waals surface area contributed by atoms with Gasteiger partial charge in [-0.15, -0.1) is 0 Å². The minimum absolute atomic E-state index is 0.0263. The summed E-state index contributed by atoms with van der Waals surface area (Å²) in [5.41, 5.74) is 1.05. The molecule has 0 fully saturated rings. The van der Waals surface area contributed by atoms with E-state index in [1.807, 2.05) is 13.8 Å². The van der Waals surface area contributed by atoms with Crippen molar-refractivity contribution < 1.29 is 4.79 Å². The average molecular weight is 293 g/mol. The molecule has 1 aromatic rings. The number of hydrogen-bond donors (Lipinski definition) is 3. The molecule has 3 N–H and O–H groups in total. The highest BCUT2D eigenvalue weighted by Crippen LogP contribution is 2.22. The van der Waals surface area contributed by atoms with Crippen molar-refractivity contribution >= 4 is 17.5 Å². The van der Waals surface area contributed by atoms with Gasteiger partial charge in [0.2, 0.25) is 5.91 Å². The number of nitrogens with one attached hydrogen (secondary N) is 3. The second-order valence-electron chi connectivity index (χ2n) is 4.99. The maximum atomic E-state index is 11.8. The third kappa shape index (κ3) is 5.21. The van der Waals surface area contributed by atoms with E-state index < -0.39 is 0 Å². The minimum atomic E-state index is -0.325. The lowest BCUT2D eigenvalue weighted by Gasteiger charge is -2.18. The Labute approximate surface area is 127 Å². The highest BCUT2D eigenvalue weighted by Gasteiger charge is 2.16. The van der Waals surface area contributed by atoms with Crippen LogP contribution in [-0.4, -0.2) is 35.0 Å². The molecule has 1 aromatic heterocycles. The van der Waals surface area contributed by atoms with Gasteiger partial charge in [0.05, 0.1) is 0 Å². The van der Waals surface area contributed by atoms with Gasteiger partial charge in [0.1, 0.15) is 24.0 Å². The van der Waals surface area contributed by atoms with Gasteiger partial charge in [-0.2, -0.15) is 0 Å². The van der Waals surface area contributed by atoms with Crippen molar-refractivity contribution in [3.8, 4) is 0 Å². The number of amides is 1. The lowest BCUT2D eigenvalue weighted by molar-refractivity contribution is -0.121. The van der Waals surface area contributed by atoms with Crippen molar-refractivity contribution in [2.75, 3.05) is 23.7 Å². The van der Waals surface area contributed by atoms with Crippen LogP contribution in [0.1, 0.15) is 46.1 Å². The van der Waals surface area contributed by atoms with E-state index in [1.54, 1.807) is 0 Å². The predicted molar refractivity (Wildman–Crippen MR) is 86.6 cm³/mol. The van der Waals surface area contributed by atoms with Crippen molar-refractivity contribution in [1.29, 1.82) is 0 Å². The van der Waals surface area contributed by atoms with Gasteiger partial charge in [-0.05, 0) is 26.7 Å². The van der Waals surface area contributed by atoms with Crippen LogP contribution in [0.15, 0.2) is 6.33 Å². The van der Waals surface area contributed by atoms with Crippen LogP contribution in [-0.2, 0) is 11.2 Å². The van der Waals surface area contributed by atoms with Gasteiger partial charge in [-0.1, -0.05) is 20.3 Å². The quantitative estimate of drug-likeness (QED) is 0.650. The molecule has 0 aliphatic rings. The number of nitrogens with zero attached hydrogens (tertiary/aromatic N) is 2. The van der Waals surface area contributed by atoms with Crippen molar-refractivity contribution in [1.82, 2.24) is 15.3 Å². The van der Waals surface area contributed by atoms with Crippen LogP contribution >= 0.6 is 0 Å². The topological polar surface area (TPSA) is 78.9 Å². The molecule has 118 valence electrons. The highest BCUT2D eigenvalue weighted by atomic mass is 16.2. The summed E-state index contributed by atoms with van der Waals surface area (Å²) in [6.07, 6.45) is 4.44.